The van der Waals surface area contributed by atoms with E-state index >= 15 is 0 Å². The predicted molar refractivity (Wildman–Crippen MR) is 107 cm³/mol. The molecule has 0 aromatic heterocycles. The Morgan fingerprint density at radius 3 is 2.27 bits per heavy atom. The second-order valence-corrected chi connectivity index (χ2v) is 6.66. The molecule has 5 nitrogen and oxygen atoms in total. The Morgan fingerprint density at radius 2 is 1.65 bits per heavy atom. The van der Waals surface area contributed by atoms with Crippen LogP contribution in [0, 0.1) is 0 Å². The van der Waals surface area contributed by atoms with Gasteiger partial charge in [-0.1, -0.05) is 42.5 Å². The van der Waals surface area contributed by atoms with E-state index < -0.39 is 0 Å². The molecule has 140 valence electrons. The Hall–Kier alpha value is -2.53. The lowest BCUT2D eigenvalue weighted by molar-refractivity contribution is 0.0268. The molecule has 0 aliphatic rings. The van der Waals surface area contributed by atoms with E-state index in [1.54, 1.807) is 14.2 Å². The van der Waals surface area contributed by atoms with E-state index in [0.717, 1.165) is 22.8 Å². The van der Waals surface area contributed by atoms with Gasteiger partial charge in [0.05, 0.1) is 5.60 Å². The Balaban J connectivity index is 1.79. The monoisotopic (exact) mass is 355 g/mol. The van der Waals surface area contributed by atoms with Crippen LogP contribution in [0.25, 0.3) is 0 Å². The zero-order valence-corrected chi connectivity index (χ0v) is 16.1. The summed E-state index contributed by atoms with van der Waals surface area (Å²) in [7, 11) is 3.47. The Kier molecular flexibility index (Phi) is 7.48. The fourth-order valence-electron chi connectivity index (χ4n) is 2.22. The molecule has 2 rings (SSSR count). The lowest BCUT2D eigenvalue weighted by Gasteiger charge is -2.24. The van der Waals surface area contributed by atoms with Crippen LogP contribution < -0.4 is 15.4 Å². The summed E-state index contributed by atoms with van der Waals surface area (Å²) in [5.74, 6) is 1.61. The number of benzene rings is 2. The van der Waals surface area contributed by atoms with Crippen molar-refractivity contribution in [2.24, 2.45) is 4.99 Å². The molecule has 2 aromatic carbocycles. The third-order valence-electron chi connectivity index (χ3n) is 4.09. The van der Waals surface area contributed by atoms with Crippen LogP contribution in [0.5, 0.6) is 5.75 Å². The first-order valence-electron chi connectivity index (χ1n) is 8.78. The first-order chi connectivity index (χ1) is 12.5. The van der Waals surface area contributed by atoms with Crippen molar-refractivity contribution in [3.8, 4) is 5.75 Å². The zero-order chi connectivity index (χ0) is 18.8. The molecule has 0 bridgehead atoms. The molecular weight excluding hydrogens is 326 g/mol. The standard InChI is InChI=1S/C21H29N3O2/c1-21(2,25-4)16-24-20(22-3)23-14-17-10-12-19(13-11-17)26-15-18-8-6-5-7-9-18/h5-13H,14-16H2,1-4H3,(H2,22,23,24). The molecule has 0 atom stereocenters. The van der Waals surface area contributed by atoms with Gasteiger partial charge in [-0.15, -0.1) is 0 Å². The zero-order valence-electron chi connectivity index (χ0n) is 16.1. The van der Waals surface area contributed by atoms with E-state index in [9.17, 15) is 0 Å². The van der Waals surface area contributed by atoms with Crippen LogP contribution in [-0.4, -0.2) is 32.3 Å². The van der Waals surface area contributed by atoms with Gasteiger partial charge in [-0.25, -0.2) is 0 Å². The van der Waals surface area contributed by atoms with Crippen molar-refractivity contribution in [3.63, 3.8) is 0 Å². The van der Waals surface area contributed by atoms with Crippen molar-refractivity contribution in [1.29, 1.82) is 0 Å². The van der Waals surface area contributed by atoms with Gasteiger partial charge in [0.2, 0.25) is 0 Å². The Labute approximate surface area is 156 Å². The summed E-state index contributed by atoms with van der Waals surface area (Å²) in [6, 6.07) is 18.2. The van der Waals surface area contributed by atoms with E-state index in [2.05, 4.69) is 39.9 Å². The number of hydrogen-bond acceptors (Lipinski definition) is 3. The van der Waals surface area contributed by atoms with Gasteiger partial charge in [-0.05, 0) is 37.1 Å². The van der Waals surface area contributed by atoms with Crippen LogP contribution in [0.15, 0.2) is 59.6 Å². The Morgan fingerprint density at radius 1 is 0.962 bits per heavy atom. The molecule has 0 fully saturated rings. The molecule has 0 spiro atoms. The maximum Gasteiger partial charge on any atom is 0.191 e. The smallest absolute Gasteiger partial charge is 0.191 e. The van der Waals surface area contributed by atoms with Gasteiger partial charge in [0.1, 0.15) is 12.4 Å². The molecule has 5 heteroatoms. The topological polar surface area (TPSA) is 54.9 Å². The number of hydrogen-bond donors (Lipinski definition) is 2. The largest absolute Gasteiger partial charge is 0.489 e. The van der Waals surface area contributed by atoms with E-state index in [0.29, 0.717) is 19.7 Å². The summed E-state index contributed by atoms with van der Waals surface area (Å²) in [5, 5.41) is 6.57. The van der Waals surface area contributed by atoms with Crippen LogP contribution >= 0.6 is 0 Å². The molecule has 0 radical (unpaired) electrons. The summed E-state index contributed by atoms with van der Waals surface area (Å²) >= 11 is 0. The average molecular weight is 355 g/mol. The minimum atomic E-state index is -0.241. The number of ether oxygens (including phenoxy) is 2. The number of methoxy groups -OCH3 is 1. The van der Waals surface area contributed by atoms with Crippen molar-refractivity contribution in [1.82, 2.24) is 10.6 Å². The van der Waals surface area contributed by atoms with Crippen LogP contribution in [0.2, 0.25) is 0 Å². The first-order valence-corrected chi connectivity index (χ1v) is 8.78. The summed E-state index contributed by atoms with van der Waals surface area (Å²) in [4.78, 5) is 4.24. The highest BCUT2D eigenvalue weighted by Crippen LogP contribution is 2.14. The average Bonchev–Trinajstić information content (AvgIpc) is 2.68. The van der Waals surface area contributed by atoms with E-state index in [1.807, 2.05) is 44.2 Å². The highest BCUT2D eigenvalue weighted by molar-refractivity contribution is 5.79. The molecule has 0 saturated carbocycles. The second kappa shape index (κ2) is 9.82. The van der Waals surface area contributed by atoms with Crippen LogP contribution in [0.4, 0.5) is 0 Å². The maximum absolute atomic E-state index is 5.81. The first kappa shape index (κ1) is 19.8. The lowest BCUT2D eigenvalue weighted by atomic mass is 10.1. The van der Waals surface area contributed by atoms with Gasteiger partial charge in [-0.2, -0.15) is 0 Å². The van der Waals surface area contributed by atoms with Crippen LogP contribution in [-0.2, 0) is 17.9 Å². The fraction of sp³-hybridized carbons (Fsp3) is 0.381. The van der Waals surface area contributed by atoms with Crippen molar-refractivity contribution in [2.75, 3.05) is 20.7 Å². The van der Waals surface area contributed by atoms with E-state index in [1.165, 1.54) is 0 Å². The van der Waals surface area contributed by atoms with Crippen molar-refractivity contribution in [3.05, 3.63) is 65.7 Å². The maximum atomic E-state index is 5.81. The van der Waals surface area contributed by atoms with Crippen LogP contribution in [0.1, 0.15) is 25.0 Å². The normalized spacial score (nSPS) is 11.9. The number of nitrogens with one attached hydrogen (secondary N) is 2. The molecule has 0 unspecified atom stereocenters. The van der Waals surface area contributed by atoms with Gasteiger partial charge in [0.15, 0.2) is 5.96 Å². The number of rotatable bonds is 8. The third kappa shape index (κ3) is 6.76. The molecule has 2 aromatic rings. The summed E-state index contributed by atoms with van der Waals surface area (Å²) < 4.78 is 11.2. The summed E-state index contributed by atoms with van der Waals surface area (Å²) in [5.41, 5.74) is 2.08. The Bertz CT molecular complexity index is 682. The lowest BCUT2D eigenvalue weighted by Crippen LogP contribution is -2.45. The molecule has 0 heterocycles. The van der Waals surface area contributed by atoms with Crippen molar-refractivity contribution >= 4 is 5.96 Å². The van der Waals surface area contributed by atoms with Gasteiger partial charge < -0.3 is 20.1 Å². The minimum absolute atomic E-state index is 0.241. The van der Waals surface area contributed by atoms with Crippen LogP contribution in [0.3, 0.4) is 0 Å². The number of guanidine groups is 1. The molecule has 0 amide bonds. The molecule has 0 aliphatic heterocycles. The van der Waals surface area contributed by atoms with Gasteiger partial charge in [-0.3, -0.25) is 4.99 Å². The SMILES string of the molecule is CN=C(NCc1ccc(OCc2ccccc2)cc1)NCC(C)(C)OC. The number of aliphatic imine (C=N–C) groups is 1. The second-order valence-electron chi connectivity index (χ2n) is 6.66. The van der Waals surface area contributed by atoms with E-state index in [-0.39, 0.29) is 5.60 Å². The third-order valence-corrected chi connectivity index (χ3v) is 4.09. The highest BCUT2D eigenvalue weighted by atomic mass is 16.5. The summed E-state index contributed by atoms with van der Waals surface area (Å²) in [6.45, 7) is 5.99. The highest BCUT2D eigenvalue weighted by Gasteiger charge is 2.16. The van der Waals surface area contributed by atoms with Crippen molar-refractivity contribution < 1.29 is 9.47 Å². The van der Waals surface area contributed by atoms with Gasteiger partial charge >= 0.3 is 0 Å². The molecule has 0 saturated heterocycles. The summed E-state index contributed by atoms with van der Waals surface area (Å²) in [6.07, 6.45) is 0. The quantitative estimate of drug-likeness (QED) is 0.563. The molecular formula is C21H29N3O2. The van der Waals surface area contributed by atoms with E-state index in [4.69, 9.17) is 9.47 Å². The van der Waals surface area contributed by atoms with Gasteiger partial charge in [0, 0.05) is 27.2 Å². The number of nitrogens with zero attached hydrogens (tertiary/aromatic N) is 1. The van der Waals surface area contributed by atoms with Crippen molar-refractivity contribution in [2.45, 2.75) is 32.6 Å². The predicted octanol–water partition coefficient (Wildman–Crippen LogP) is 3.36. The fourth-order valence-corrected chi connectivity index (χ4v) is 2.22. The molecule has 0 aliphatic carbocycles. The molecule has 2 N–H and O–H groups in total. The molecule has 26 heavy (non-hydrogen) atoms. The van der Waals surface area contributed by atoms with Gasteiger partial charge in [0.25, 0.3) is 0 Å². The minimum Gasteiger partial charge on any atom is -0.489 e.